The highest BCUT2D eigenvalue weighted by Gasteiger charge is 2.26. The van der Waals surface area contributed by atoms with Gasteiger partial charge in [0.25, 0.3) is 5.91 Å². The van der Waals surface area contributed by atoms with Gasteiger partial charge in [0, 0.05) is 19.1 Å². The molecule has 132 valence electrons. The summed E-state index contributed by atoms with van der Waals surface area (Å²) in [5, 5.41) is 5.21. The van der Waals surface area contributed by atoms with Gasteiger partial charge >= 0.3 is 6.09 Å². The van der Waals surface area contributed by atoms with E-state index in [9.17, 15) is 14.4 Å². The number of carbonyl (C=O) groups excluding carboxylic acids is 3. The van der Waals surface area contributed by atoms with Gasteiger partial charge in [-0.3, -0.25) is 9.59 Å². The van der Waals surface area contributed by atoms with E-state index in [0.29, 0.717) is 25.9 Å². The van der Waals surface area contributed by atoms with Gasteiger partial charge in [-0.05, 0) is 33.6 Å². The largest absolute Gasteiger partial charge is 0.444 e. The number of alkyl halides is 2. The molecule has 1 aliphatic rings. The van der Waals surface area contributed by atoms with Crippen LogP contribution in [0.3, 0.4) is 0 Å². The first kappa shape index (κ1) is 19.8. The van der Waals surface area contributed by atoms with E-state index in [-0.39, 0.29) is 24.4 Å². The van der Waals surface area contributed by atoms with Crippen molar-refractivity contribution in [1.82, 2.24) is 15.5 Å². The summed E-state index contributed by atoms with van der Waals surface area (Å²) in [6.07, 6.45) is 0.595. The molecule has 2 N–H and O–H groups in total. The van der Waals surface area contributed by atoms with Gasteiger partial charge in [-0.2, -0.15) is 0 Å². The maximum atomic E-state index is 11.8. The van der Waals surface area contributed by atoms with Crippen LogP contribution in [0, 0.1) is 0 Å². The third-order valence-corrected chi connectivity index (χ3v) is 3.52. The van der Waals surface area contributed by atoms with Crippen molar-refractivity contribution in [2.75, 3.05) is 19.6 Å². The Hall–Kier alpha value is -1.21. The summed E-state index contributed by atoms with van der Waals surface area (Å²) >= 11 is 11.1. The summed E-state index contributed by atoms with van der Waals surface area (Å²) < 4.78 is 5.04. The van der Waals surface area contributed by atoms with Crippen LogP contribution in [-0.2, 0) is 14.3 Å². The topological polar surface area (TPSA) is 87.7 Å². The molecule has 9 heteroatoms. The van der Waals surface area contributed by atoms with Crippen molar-refractivity contribution in [3.63, 3.8) is 0 Å². The van der Waals surface area contributed by atoms with Gasteiger partial charge in [-0.15, -0.1) is 0 Å². The van der Waals surface area contributed by atoms with E-state index >= 15 is 0 Å². The summed E-state index contributed by atoms with van der Waals surface area (Å²) in [7, 11) is 0. The van der Waals surface area contributed by atoms with Crippen LogP contribution in [0.1, 0.15) is 33.6 Å². The van der Waals surface area contributed by atoms with Crippen LogP contribution in [-0.4, -0.2) is 58.9 Å². The zero-order chi connectivity index (χ0) is 17.6. The quantitative estimate of drug-likeness (QED) is 0.735. The number of hydrogen-bond acceptors (Lipinski definition) is 4. The SMILES string of the molecule is CC(C)(C)OC(=O)NCC(=O)NC1CCN(C(=O)C(Cl)Cl)CC1. The first-order valence-electron chi connectivity index (χ1n) is 7.41. The van der Waals surface area contributed by atoms with E-state index in [1.54, 1.807) is 25.7 Å². The minimum atomic E-state index is -1.06. The van der Waals surface area contributed by atoms with Gasteiger partial charge in [0.05, 0.1) is 0 Å². The number of halogens is 2. The van der Waals surface area contributed by atoms with Gasteiger partial charge < -0.3 is 20.3 Å². The molecule has 3 amide bonds. The third kappa shape index (κ3) is 7.74. The van der Waals surface area contributed by atoms with E-state index in [0.717, 1.165) is 0 Å². The van der Waals surface area contributed by atoms with Crippen molar-refractivity contribution >= 4 is 41.1 Å². The van der Waals surface area contributed by atoms with Crippen molar-refractivity contribution in [1.29, 1.82) is 0 Å². The Bertz CT molecular complexity index is 444. The Kier molecular flexibility index (Phi) is 7.41. The maximum absolute atomic E-state index is 11.8. The van der Waals surface area contributed by atoms with Crippen LogP contribution in [0.25, 0.3) is 0 Å². The minimum Gasteiger partial charge on any atom is -0.444 e. The number of piperidine rings is 1. The number of amides is 3. The molecule has 1 aliphatic heterocycles. The van der Waals surface area contributed by atoms with Crippen molar-refractivity contribution in [2.24, 2.45) is 0 Å². The molecular weight excluding hydrogens is 345 g/mol. The van der Waals surface area contributed by atoms with E-state index in [1.165, 1.54) is 0 Å². The predicted molar refractivity (Wildman–Crippen MR) is 87.5 cm³/mol. The molecule has 23 heavy (non-hydrogen) atoms. The Morgan fingerprint density at radius 1 is 1.22 bits per heavy atom. The second kappa shape index (κ2) is 8.59. The Balaban J connectivity index is 2.26. The number of carbonyl (C=O) groups is 3. The Labute approximate surface area is 146 Å². The molecule has 1 rings (SSSR count). The normalized spacial score (nSPS) is 16.2. The molecular formula is C14H23Cl2N3O4. The van der Waals surface area contributed by atoms with Crippen LogP contribution < -0.4 is 10.6 Å². The second-order valence-electron chi connectivity index (χ2n) is 6.32. The van der Waals surface area contributed by atoms with Gasteiger partial charge in [0.15, 0.2) is 4.84 Å². The molecule has 1 saturated heterocycles. The third-order valence-electron chi connectivity index (χ3n) is 3.15. The fourth-order valence-corrected chi connectivity index (χ4v) is 2.40. The van der Waals surface area contributed by atoms with Crippen LogP contribution in [0.5, 0.6) is 0 Å². The summed E-state index contributed by atoms with van der Waals surface area (Å²) in [4.78, 5) is 35.4. The van der Waals surface area contributed by atoms with E-state index in [1.807, 2.05) is 0 Å². The molecule has 0 atom stereocenters. The first-order chi connectivity index (χ1) is 10.6. The molecule has 1 heterocycles. The van der Waals surface area contributed by atoms with Gasteiger partial charge in [-0.25, -0.2) is 4.79 Å². The lowest BCUT2D eigenvalue weighted by Gasteiger charge is -2.32. The van der Waals surface area contributed by atoms with Gasteiger partial charge in [-0.1, -0.05) is 23.2 Å². The molecule has 1 fully saturated rings. The summed E-state index contributed by atoms with van der Waals surface area (Å²) in [6, 6.07) is -0.0453. The standard InChI is InChI=1S/C14H23Cl2N3O4/c1-14(2,3)23-13(22)17-8-10(20)18-9-4-6-19(7-5-9)12(21)11(15)16/h9,11H,4-8H2,1-3H3,(H,17,22)(H,18,20). The van der Waals surface area contributed by atoms with Crippen molar-refractivity contribution in [3.05, 3.63) is 0 Å². The predicted octanol–water partition coefficient (Wildman–Crippen LogP) is 1.42. The fraction of sp³-hybridized carbons (Fsp3) is 0.786. The number of rotatable bonds is 4. The molecule has 0 saturated carbocycles. The molecule has 0 aromatic rings. The Morgan fingerprint density at radius 2 is 1.78 bits per heavy atom. The average Bonchev–Trinajstić information content (AvgIpc) is 2.43. The first-order valence-corrected chi connectivity index (χ1v) is 8.29. The van der Waals surface area contributed by atoms with Crippen LogP contribution >= 0.6 is 23.2 Å². The molecule has 7 nitrogen and oxygen atoms in total. The van der Waals surface area contributed by atoms with Crippen LogP contribution in [0.15, 0.2) is 0 Å². The number of ether oxygens (including phenoxy) is 1. The summed E-state index contributed by atoms with van der Waals surface area (Å²) in [5.41, 5.74) is -0.609. The van der Waals surface area contributed by atoms with E-state index in [4.69, 9.17) is 27.9 Å². The summed E-state index contributed by atoms with van der Waals surface area (Å²) in [5.74, 6) is -0.613. The second-order valence-corrected chi connectivity index (χ2v) is 7.42. The number of nitrogens with zero attached hydrogens (tertiary/aromatic N) is 1. The molecule has 0 radical (unpaired) electrons. The van der Waals surface area contributed by atoms with Crippen molar-refractivity contribution in [3.8, 4) is 0 Å². The highest BCUT2D eigenvalue weighted by atomic mass is 35.5. The fourth-order valence-electron chi connectivity index (χ4n) is 2.13. The lowest BCUT2D eigenvalue weighted by atomic mass is 10.1. The zero-order valence-electron chi connectivity index (χ0n) is 13.5. The minimum absolute atomic E-state index is 0.0453. The zero-order valence-corrected chi connectivity index (χ0v) is 15.0. The van der Waals surface area contributed by atoms with Crippen LogP contribution in [0.2, 0.25) is 0 Å². The monoisotopic (exact) mass is 367 g/mol. The molecule has 0 spiro atoms. The number of hydrogen-bond donors (Lipinski definition) is 2. The van der Waals surface area contributed by atoms with Crippen molar-refractivity contribution < 1.29 is 19.1 Å². The van der Waals surface area contributed by atoms with E-state index in [2.05, 4.69) is 10.6 Å². The highest BCUT2D eigenvalue weighted by Crippen LogP contribution is 2.14. The number of nitrogens with one attached hydrogen (secondary N) is 2. The van der Waals surface area contributed by atoms with Gasteiger partial charge in [0.2, 0.25) is 5.91 Å². The van der Waals surface area contributed by atoms with Crippen molar-refractivity contribution in [2.45, 2.75) is 50.1 Å². The molecule has 0 bridgehead atoms. The lowest BCUT2D eigenvalue weighted by molar-refractivity contribution is -0.130. The van der Waals surface area contributed by atoms with Gasteiger partial charge in [0.1, 0.15) is 12.1 Å². The smallest absolute Gasteiger partial charge is 0.408 e. The maximum Gasteiger partial charge on any atom is 0.408 e. The number of alkyl carbamates (subject to hydrolysis) is 1. The highest BCUT2D eigenvalue weighted by molar-refractivity contribution is 6.53. The molecule has 0 aromatic heterocycles. The van der Waals surface area contributed by atoms with Crippen LogP contribution in [0.4, 0.5) is 4.79 Å². The van der Waals surface area contributed by atoms with E-state index < -0.39 is 16.5 Å². The molecule has 0 unspecified atom stereocenters. The Morgan fingerprint density at radius 3 is 2.26 bits per heavy atom. The number of likely N-dealkylation sites (tertiary alicyclic amines) is 1. The average molecular weight is 368 g/mol. The molecule has 0 aliphatic carbocycles. The lowest BCUT2D eigenvalue weighted by Crippen LogP contribution is -2.49. The summed E-state index contributed by atoms with van der Waals surface area (Å²) in [6.45, 7) is 6.05. The molecule has 0 aromatic carbocycles.